The van der Waals surface area contributed by atoms with Gasteiger partial charge in [-0.2, -0.15) is 13.2 Å². The maximum absolute atomic E-state index is 12.7. The molecule has 2 aromatic rings. The number of pyridine rings is 1. The molecule has 0 unspecified atom stereocenters. The van der Waals surface area contributed by atoms with Crippen molar-refractivity contribution >= 4 is 5.91 Å². The van der Waals surface area contributed by atoms with E-state index in [0.29, 0.717) is 12.1 Å². The lowest BCUT2D eigenvalue weighted by molar-refractivity contribution is -0.154. The van der Waals surface area contributed by atoms with Gasteiger partial charge in [-0.15, -0.1) is 0 Å². The largest absolute Gasteiger partial charge is 0.468 e. The number of aromatic nitrogens is 1. The van der Waals surface area contributed by atoms with Gasteiger partial charge >= 0.3 is 6.18 Å². The maximum Gasteiger partial charge on any atom is 0.422 e. The number of carbonyl (C=O) groups excluding carboxylic acids is 1. The summed E-state index contributed by atoms with van der Waals surface area (Å²) in [4.78, 5) is 18.1. The summed E-state index contributed by atoms with van der Waals surface area (Å²) in [5.74, 6) is -0.415. The van der Waals surface area contributed by atoms with E-state index in [-0.39, 0.29) is 17.8 Å². The number of ether oxygens (including phenoxy) is 1. The van der Waals surface area contributed by atoms with Crippen LogP contribution in [-0.2, 0) is 6.54 Å². The number of hydrogen-bond donors (Lipinski definition) is 0. The molecule has 4 nitrogen and oxygen atoms in total. The highest BCUT2D eigenvalue weighted by Crippen LogP contribution is 2.18. The van der Waals surface area contributed by atoms with Gasteiger partial charge in [-0.1, -0.05) is 30.3 Å². The van der Waals surface area contributed by atoms with Gasteiger partial charge in [0.15, 0.2) is 6.61 Å². The van der Waals surface area contributed by atoms with E-state index in [0.717, 1.165) is 5.56 Å². The van der Waals surface area contributed by atoms with Gasteiger partial charge < -0.3 is 9.64 Å². The van der Waals surface area contributed by atoms with Crippen molar-refractivity contribution in [3.8, 4) is 5.88 Å². The highest BCUT2D eigenvalue weighted by molar-refractivity contribution is 5.94. The molecule has 1 amide bonds. The molecule has 25 heavy (non-hydrogen) atoms. The molecule has 1 aromatic heterocycles. The minimum Gasteiger partial charge on any atom is -0.468 e. The van der Waals surface area contributed by atoms with Gasteiger partial charge in [-0.3, -0.25) is 4.79 Å². The molecule has 0 N–H and O–H groups in total. The molecule has 0 aliphatic rings. The van der Waals surface area contributed by atoms with Gasteiger partial charge in [0.05, 0.1) is 5.56 Å². The van der Waals surface area contributed by atoms with Crippen LogP contribution in [0.2, 0.25) is 0 Å². The lowest BCUT2D eigenvalue weighted by atomic mass is 10.1. The van der Waals surface area contributed by atoms with Crippen molar-refractivity contribution in [1.29, 1.82) is 0 Å². The molecule has 0 atom stereocenters. The van der Waals surface area contributed by atoms with Crippen molar-refractivity contribution < 1.29 is 22.7 Å². The summed E-state index contributed by atoms with van der Waals surface area (Å²) in [6.45, 7) is 2.81. The Balaban J connectivity index is 2.08. The molecule has 0 fully saturated rings. The van der Waals surface area contributed by atoms with Gasteiger partial charge in [-0.25, -0.2) is 4.98 Å². The Morgan fingerprint density at radius 1 is 1.16 bits per heavy atom. The minimum absolute atomic E-state index is 0.0473. The van der Waals surface area contributed by atoms with Gasteiger partial charge in [0.1, 0.15) is 0 Å². The van der Waals surface area contributed by atoms with Gasteiger partial charge in [0.25, 0.3) is 5.91 Å². The molecule has 2 rings (SSSR count). The average molecular weight is 352 g/mol. The Morgan fingerprint density at radius 3 is 2.36 bits per heavy atom. The standard InChI is InChI=1S/C18H19F3N2O2/c1-13(2)23(11-14-6-4-3-5-7-14)17(24)15-8-9-16(22-10-15)25-12-18(19,20)21/h3-10,13H,11-12H2,1-2H3. The van der Waals surface area contributed by atoms with Gasteiger partial charge in [0.2, 0.25) is 5.88 Å². The van der Waals surface area contributed by atoms with Crippen molar-refractivity contribution in [3.63, 3.8) is 0 Å². The van der Waals surface area contributed by atoms with Crippen LogP contribution in [0, 0.1) is 0 Å². The summed E-state index contributed by atoms with van der Waals surface area (Å²) in [7, 11) is 0. The zero-order valence-electron chi connectivity index (χ0n) is 14.0. The Hall–Kier alpha value is -2.57. The Morgan fingerprint density at radius 2 is 1.84 bits per heavy atom. The highest BCUT2D eigenvalue weighted by atomic mass is 19.4. The van der Waals surface area contributed by atoms with Crippen molar-refractivity contribution in [3.05, 3.63) is 59.8 Å². The topological polar surface area (TPSA) is 42.4 Å². The number of halogens is 3. The molecule has 1 heterocycles. The molecule has 134 valence electrons. The third-order valence-corrected chi connectivity index (χ3v) is 3.45. The van der Waals surface area contributed by atoms with Crippen molar-refractivity contribution in [2.24, 2.45) is 0 Å². The molecule has 0 spiro atoms. The molecule has 1 aromatic carbocycles. The Labute approximate surface area is 144 Å². The van der Waals surface area contributed by atoms with E-state index in [4.69, 9.17) is 0 Å². The van der Waals surface area contributed by atoms with Crippen LogP contribution < -0.4 is 4.74 Å². The number of benzene rings is 1. The van der Waals surface area contributed by atoms with E-state index < -0.39 is 12.8 Å². The van der Waals surface area contributed by atoms with Gasteiger partial charge in [0, 0.05) is 24.8 Å². The van der Waals surface area contributed by atoms with Crippen molar-refractivity contribution in [2.45, 2.75) is 32.6 Å². The zero-order valence-corrected chi connectivity index (χ0v) is 14.0. The normalized spacial score (nSPS) is 11.4. The zero-order chi connectivity index (χ0) is 18.4. The van der Waals surface area contributed by atoms with Crippen LogP contribution in [0.3, 0.4) is 0 Å². The third kappa shape index (κ3) is 5.77. The number of rotatable bonds is 6. The first-order chi connectivity index (χ1) is 11.8. The molecule has 0 bridgehead atoms. The second-order valence-electron chi connectivity index (χ2n) is 5.80. The van der Waals surface area contributed by atoms with E-state index in [1.165, 1.54) is 18.3 Å². The first-order valence-corrected chi connectivity index (χ1v) is 7.77. The lowest BCUT2D eigenvalue weighted by Gasteiger charge is -2.27. The Kier molecular flexibility index (Phi) is 6.01. The van der Waals surface area contributed by atoms with Crippen LogP contribution in [0.5, 0.6) is 5.88 Å². The number of nitrogens with zero attached hydrogens (tertiary/aromatic N) is 2. The summed E-state index contributed by atoms with van der Waals surface area (Å²) in [5, 5.41) is 0. The molecular formula is C18H19F3N2O2. The second-order valence-corrected chi connectivity index (χ2v) is 5.80. The third-order valence-electron chi connectivity index (χ3n) is 3.45. The molecular weight excluding hydrogens is 333 g/mol. The molecule has 0 aliphatic heterocycles. The summed E-state index contributed by atoms with van der Waals surface area (Å²) < 4.78 is 41.0. The predicted octanol–water partition coefficient (Wildman–Crippen LogP) is 4.07. The van der Waals surface area contributed by atoms with E-state index in [9.17, 15) is 18.0 Å². The fourth-order valence-electron chi connectivity index (χ4n) is 2.18. The Bertz CT molecular complexity index is 686. The monoisotopic (exact) mass is 352 g/mol. The minimum atomic E-state index is -4.43. The highest BCUT2D eigenvalue weighted by Gasteiger charge is 2.28. The quantitative estimate of drug-likeness (QED) is 0.787. The van der Waals surface area contributed by atoms with Crippen LogP contribution in [-0.4, -0.2) is 34.6 Å². The number of hydrogen-bond acceptors (Lipinski definition) is 3. The SMILES string of the molecule is CC(C)N(Cc1ccccc1)C(=O)c1ccc(OCC(F)(F)F)nc1. The van der Waals surface area contributed by atoms with Gasteiger partial charge in [-0.05, 0) is 25.5 Å². The van der Waals surface area contributed by atoms with E-state index >= 15 is 0 Å². The summed E-state index contributed by atoms with van der Waals surface area (Å²) in [6, 6.07) is 12.2. The average Bonchev–Trinajstić information content (AvgIpc) is 2.58. The summed E-state index contributed by atoms with van der Waals surface area (Å²) >= 11 is 0. The summed E-state index contributed by atoms with van der Waals surface area (Å²) in [5.41, 5.74) is 1.28. The van der Waals surface area contributed by atoms with Crippen LogP contribution >= 0.6 is 0 Å². The first-order valence-electron chi connectivity index (χ1n) is 7.77. The lowest BCUT2D eigenvalue weighted by Crippen LogP contribution is -2.36. The smallest absolute Gasteiger partial charge is 0.422 e. The van der Waals surface area contributed by atoms with Crippen molar-refractivity contribution in [1.82, 2.24) is 9.88 Å². The first kappa shape index (κ1) is 18.8. The van der Waals surface area contributed by atoms with Crippen LogP contribution in [0.4, 0.5) is 13.2 Å². The molecule has 0 saturated heterocycles. The fourth-order valence-corrected chi connectivity index (χ4v) is 2.18. The number of alkyl halides is 3. The van der Waals surface area contributed by atoms with Crippen molar-refractivity contribution in [2.75, 3.05) is 6.61 Å². The van der Waals surface area contributed by atoms with E-state index in [1.807, 2.05) is 44.2 Å². The fraction of sp³-hybridized carbons (Fsp3) is 0.333. The number of carbonyl (C=O) groups is 1. The summed E-state index contributed by atoms with van der Waals surface area (Å²) in [6.07, 6.45) is -3.20. The molecule has 7 heteroatoms. The second kappa shape index (κ2) is 8.00. The maximum atomic E-state index is 12.7. The van der Waals surface area contributed by atoms with E-state index in [2.05, 4.69) is 9.72 Å². The molecule has 0 radical (unpaired) electrons. The molecule has 0 aliphatic carbocycles. The number of amides is 1. The molecule has 0 saturated carbocycles. The predicted molar refractivity (Wildman–Crippen MR) is 87.2 cm³/mol. The van der Waals surface area contributed by atoms with E-state index in [1.54, 1.807) is 4.90 Å². The van der Waals surface area contributed by atoms with Crippen LogP contribution in [0.1, 0.15) is 29.8 Å². The van der Waals surface area contributed by atoms with Crippen LogP contribution in [0.15, 0.2) is 48.7 Å². The van der Waals surface area contributed by atoms with Crippen LogP contribution in [0.25, 0.3) is 0 Å².